The Morgan fingerprint density at radius 1 is 1.15 bits per heavy atom. The van der Waals surface area contributed by atoms with Crippen molar-refractivity contribution in [2.75, 3.05) is 38.2 Å². The lowest BCUT2D eigenvalue weighted by Gasteiger charge is -2.34. The number of benzene rings is 1. The maximum Gasteiger partial charge on any atom is 0.407 e. The Labute approximate surface area is 191 Å². The topological polar surface area (TPSA) is 132 Å². The van der Waals surface area contributed by atoms with Gasteiger partial charge < -0.3 is 19.6 Å². The maximum atomic E-state index is 13.2. The Balaban J connectivity index is 2.01. The molecule has 0 aliphatic carbocycles. The summed E-state index contributed by atoms with van der Waals surface area (Å²) in [6, 6.07) is 6.84. The Kier molecular flexibility index (Phi) is 5.85. The third-order valence-corrected chi connectivity index (χ3v) is 5.88. The molecule has 174 valence electrons. The number of methoxy groups -OCH3 is 1. The summed E-state index contributed by atoms with van der Waals surface area (Å²) in [4.78, 5) is 57.0. The minimum absolute atomic E-state index is 0.00378. The average molecular weight is 477 g/mol. The Bertz CT molecular complexity index is 1370. The summed E-state index contributed by atoms with van der Waals surface area (Å²) in [5, 5.41) is 9.61. The van der Waals surface area contributed by atoms with Crippen molar-refractivity contribution < 1.29 is 19.4 Å². The Hall–Kier alpha value is -3.80. The lowest BCUT2D eigenvalue weighted by Crippen LogP contribution is -2.49. The first-order valence-electron chi connectivity index (χ1n) is 10.0. The van der Waals surface area contributed by atoms with Crippen LogP contribution in [0.4, 0.5) is 10.7 Å². The van der Waals surface area contributed by atoms with Crippen LogP contribution in [0.5, 0.6) is 0 Å². The first kappa shape index (κ1) is 22.4. The van der Waals surface area contributed by atoms with Crippen molar-refractivity contribution in [2.24, 2.45) is 7.05 Å². The van der Waals surface area contributed by atoms with E-state index in [1.165, 1.54) is 19.1 Å². The molecular formula is C20H21ClN6O6. The smallest absolute Gasteiger partial charge is 0.407 e. The summed E-state index contributed by atoms with van der Waals surface area (Å²) in [5.74, 6) is -0.370. The van der Waals surface area contributed by atoms with Gasteiger partial charge in [-0.1, -0.05) is 23.7 Å². The minimum atomic E-state index is -1.02. The zero-order chi connectivity index (χ0) is 23.9. The third kappa shape index (κ3) is 3.82. The Morgan fingerprint density at radius 2 is 1.82 bits per heavy atom. The number of piperazine rings is 1. The number of hydrogen-bond acceptors (Lipinski definition) is 7. The maximum absolute atomic E-state index is 13.2. The fourth-order valence-electron chi connectivity index (χ4n) is 3.80. The quantitative estimate of drug-likeness (QED) is 0.539. The molecule has 2 aromatic heterocycles. The second-order valence-electron chi connectivity index (χ2n) is 7.44. The number of para-hydroxylation sites is 1. The summed E-state index contributed by atoms with van der Waals surface area (Å²) in [5.41, 5.74) is -0.811. The van der Waals surface area contributed by atoms with Crippen molar-refractivity contribution >= 4 is 40.8 Å². The summed E-state index contributed by atoms with van der Waals surface area (Å²) in [6.45, 7) is 0.636. The molecular weight excluding hydrogens is 456 g/mol. The molecule has 1 aliphatic heterocycles. The minimum Gasteiger partial charge on any atom is -0.468 e. The van der Waals surface area contributed by atoms with E-state index in [9.17, 15) is 24.3 Å². The van der Waals surface area contributed by atoms with Gasteiger partial charge in [-0.05, 0) is 12.1 Å². The number of fused-ring (bicyclic) bond motifs is 1. The van der Waals surface area contributed by atoms with Crippen molar-refractivity contribution in [3.05, 3.63) is 50.1 Å². The standard InChI is InChI=1S/C20H21ClN6O6/c1-23-17(29)15-16(26(19(23)30)11-14(28)33-2)22-18(24-7-9-25(10-8-24)20(31)32)27(15)13-6-4-3-5-12(13)21/h3-6H,7-11H2,1-2H3,(H,31,32). The van der Waals surface area contributed by atoms with Crippen LogP contribution >= 0.6 is 11.6 Å². The van der Waals surface area contributed by atoms with E-state index in [1.807, 2.05) is 4.90 Å². The van der Waals surface area contributed by atoms with E-state index in [4.69, 9.17) is 16.3 Å². The number of halogens is 1. The summed E-state index contributed by atoms with van der Waals surface area (Å²) < 4.78 is 8.22. The highest BCUT2D eigenvalue weighted by Gasteiger charge is 2.29. The molecule has 0 saturated carbocycles. The fourth-order valence-corrected chi connectivity index (χ4v) is 4.02. The van der Waals surface area contributed by atoms with Crippen LogP contribution in [-0.2, 0) is 23.1 Å². The normalized spacial score (nSPS) is 14.0. The number of carbonyl (C=O) groups excluding carboxylic acids is 1. The van der Waals surface area contributed by atoms with Gasteiger partial charge in [0.2, 0.25) is 5.95 Å². The van der Waals surface area contributed by atoms with E-state index in [0.29, 0.717) is 29.7 Å². The molecule has 1 N–H and O–H groups in total. The second-order valence-corrected chi connectivity index (χ2v) is 7.84. The van der Waals surface area contributed by atoms with Crippen molar-refractivity contribution in [1.82, 2.24) is 23.6 Å². The van der Waals surface area contributed by atoms with E-state index in [1.54, 1.807) is 28.8 Å². The van der Waals surface area contributed by atoms with Crippen LogP contribution in [0, 0.1) is 0 Å². The van der Waals surface area contributed by atoms with Crippen LogP contribution in [0.1, 0.15) is 0 Å². The lowest BCUT2D eigenvalue weighted by atomic mass is 10.3. The number of hydrogen-bond donors (Lipinski definition) is 1. The largest absolute Gasteiger partial charge is 0.468 e. The number of nitrogens with zero attached hydrogens (tertiary/aromatic N) is 6. The summed E-state index contributed by atoms with van der Waals surface area (Å²) in [7, 11) is 2.51. The van der Waals surface area contributed by atoms with Gasteiger partial charge in [0.05, 0.1) is 17.8 Å². The van der Waals surface area contributed by atoms with Crippen LogP contribution in [-0.4, -0.2) is 74.0 Å². The molecule has 3 heterocycles. The molecule has 1 saturated heterocycles. The van der Waals surface area contributed by atoms with Gasteiger partial charge in [0, 0.05) is 33.2 Å². The molecule has 1 amide bonds. The van der Waals surface area contributed by atoms with Gasteiger partial charge >= 0.3 is 17.8 Å². The zero-order valence-electron chi connectivity index (χ0n) is 17.9. The highest BCUT2D eigenvalue weighted by Crippen LogP contribution is 2.30. The molecule has 4 rings (SSSR count). The first-order valence-corrected chi connectivity index (χ1v) is 10.4. The molecule has 1 aromatic carbocycles. The highest BCUT2D eigenvalue weighted by atomic mass is 35.5. The number of carbonyl (C=O) groups is 2. The molecule has 12 nitrogen and oxygen atoms in total. The van der Waals surface area contributed by atoms with Crippen molar-refractivity contribution in [2.45, 2.75) is 6.54 Å². The van der Waals surface area contributed by atoms with E-state index in [0.717, 1.165) is 9.13 Å². The van der Waals surface area contributed by atoms with Gasteiger partial charge in [-0.2, -0.15) is 4.98 Å². The predicted octanol–water partition coefficient (Wildman–Crippen LogP) is 0.512. The highest BCUT2D eigenvalue weighted by molar-refractivity contribution is 6.32. The van der Waals surface area contributed by atoms with E-state index >= 15 is 0 Å². The zero-order valence-corrected chi connectivity index (χ0v) is 18.7. The molecule has 1 aliphatic rings. The molecule has 0 spiro atoms. The van der Waals surface area contributed by atoms with Crippen LogP contribution in [0.3, 0.4) is 0 Å². The van der Waals surface area contributed by atoms with Crippen LogP contribution in [0.25, 0.3) is 16.9 Å². The molecule has 1 fully saturated rings. The number of amides is 1. The number of ether oxygens (including phenoxy) is 1. The van der Waals surface area contributed by atoms with Crippen molar-refractivity contribution in [3.63, 3.8) is 0 Å². The lowest BCUT2D eigenvalue weighted by molar-refractivity contribution is -0.141. The number of anilines is 1. The van der Waals surface area contributed by atoms with E-state index in [2.05, 4.69) is 4.98 Å². The van der Waals surface area contributed by atoms with E-state index in [-0.39, 0.29) is 24.3 Å². The van der Waals surface area contributed by atoms with Gasteiger partial charge in [-0.25, -0.2) is 9.59 Å². The molecule has 13 heteroatoms. The monoisotopic (exact) mass is 476 g/mol. The van der Waals surface area contributed by atoms with Gasteiger partial charge in [0.25, 0.3) is 5.56 Å². The van der Waals surface area contributed by atoms with Crippen LogP contribution in [0.2, 0.25) is 5.02 Å². The van der Waals surface area contributed by atoms with Gasteiger partial charge in [-0.15, -0.1) is 0 Å². The van der Waals surface area contributed by atoms with Crippen molar-refractivity contribution in [3.8, 4) is 5.69 Å². The van der Waals surface area contributed by atoms with Crippen molar-refractivity contribution in [1.29, 1.82) is 0 Å². The third-order valence-electron chi connectivity index (χ3n) is 5.56. The number of carboxylic acid groups (broad SMARTS) is 1. The second kappa shape index (κ2) is 8.62. The number of esters is 1. The van der Waals surface area contributed by atoms with E-state index < -0.39 is 29.9 Å². The molecule has 0 atom stereocenters. The number of rotatable bonds is 4. The van der Waals surface area contributed by atoms with Crippen LogP contribution < -0.4 is 16.1 Å². The predicted molar refractivity (Wildman–Crippen MR) is 119 cm³/mol. The molecule has 33 heavy (non-hydrogen) atoms. The average Bonchev–Trinajstić information content (AvgIpc) is 3.21. The fraction of sp³-hybridized carbons (Fsp3) is 0.350. The van der Waals surface area contributed by atoms with Gasteiger partial charge in [0.15, 0.2) is 11.2 Å². The van der Waals surface area contributed by atoms with Gasteiger partial charge in [-0.3, -0.25) is 23.3 Å². The van der Waals surface area contributed by atoms with Crippen LogP contribution in [0.15, 0.2) is 33.9 Å². The Morgan fingerprint density at radius 3 is 2.42 bits per heavy atom. The molecule has 0 unspecified atom stereocenters. The van der Waals surface area contributed by atoms with Gasteiger partial charge in [0.1, 0.15) is 6.54 Å². The number of imidazole rings is 1. The summed E-state index contributed by atoms with van der Waals surface area (Å²) >= 11 is 6.46. The molecule has 3 aromatic rings. The molecule has 0 radical (unpaired) electrons. The first-order chi connectivity index (χ1) is 15.7. The molecule has 0 bridgehead atoms. The SMILES string of the molecule is COC(=O)Cn1c(=O)n(C)c(=O)c2c1nc(N1CCN(C(=O)O)CC1)n2-c1ccccc1Cl. The summed E-state index contributed by atoms with van der Waals surface area (Å²) in [6.07, 6.45) is -1.02. The number of aromatic nitrogens is 4.